The fourth-order valence-electron chi connectivity index (χ4n) is 2.18. The lowest BCUT2D eigenvalue weighted by Gasteiger charge is -2.37. The maximum atomic E-state index is 11.6. The number of hydrogen-bond acceptors (Lipinski definition) is 4. The maximum absolute atomic E-state index is 11.6. The van der Waals surface area contributed by atoms with Crippen LogP contribution in [0.25, 0.3) is 0 Å². The molecule has 1 saturated carbocycles. The van der Waals surface area contributed by atoms with Gasteiger partial charge in [0.05, 0.1) is 10.4 Å². The van der Waals surface area contributed by atoms with Crippen LogP contribution in [0.1, 0.15) is 30.0 Å². The molecular formula is C13H19N3O3S. The zero-order valence-electron chi connectivity index (χ0n) is 11.4. The van der Waals surface area contributed by atoms with Crippen LogP contribution in [0.2, 0.25) is 0 Å². The molecule has 1 fully saturated rings. The number of carboxylic acids is 1. The number of aryl methyl sites for hydroxylation is 1. The number of carboxylic acid groups (broad SMARTS) is 1. The summed E-state index contributed by atoms with van der Waals surface area (Å²) >= 11 is 1.57. The second-order valence-corrected chi connectivity index (χ2v) is 6.12. The van der Waals surface area contributed by atoms with Crippen LogP contribution < -0.4 is 10.6 Å². The van der Waals surface area contributed by atoms with Crippen molar-refractivity contribution in [2.75, 3.05) is 13.1 Å². The Balaban J connectivity index is 1.67. The quantitative estimate of drug-likeness (QED) is 0.743. The van der Waals surface area contributed by atoms with E-state index in [1.165, 1.54) is 0 Å². The lowest BCUT2D eigenvalue weighted by molar-refractivity contribution is -0.153. The monoisotopic (exact) mass is 297 g/mol. The van der Waals surface area contributed by atoms with Crippen molar-refractivity contribution >= 4 is 23.3 Å². The molecule has 0 bridgehead atoms. The van der Waals surface area contributed by atoms with E-state index >= 15 is 0 Å². The van der Waals surface area contributed by atoms with Crippen molar-refractivity contribution in [2.24, 2.45) is 5.41 Å². The maximum Gasteiger partial charge on any atom is 0.314 e. The van der Waals surface area contributed by atoms with Gasteiger partial charge >= 0.3 is 12.0 Å². The number of rotatable bonds is 6. The number of hydrogen-bond donors (Lipinski definition) is 3. The Morgan fingerprint density at radius 1 is 1.45 bits per heavy atom. The fraction of sp³-hybridized carbons (Fsp3) is 0.615. The molecule has 3 N–H and O–H groups in total. The van der Waals surface area contributed by atoms with E-state index in [4.69, 9.17) is 5.11 Å². The van der Waals surface area contributed by atoms with Gasteiger partial charge in [-0.2, -0.15) is 0 Å². The minimum atomic E-state index is -0.817. The van der Waals surface area contributed by atoms with Crippen LogP contribution in [0, 0.1) is 12.3 Å². The summed E-state index contributed by atoms with van der Waals surface area (Å²) in [6.45, 7) is 2.63. The molecule has 1 aliphatic rings. The number of amides is 2. The minimum Gasteiger partial charge on any atom is -0.481 e. The van der Waals surface area contributed by atoms with E-state index in [0.29, 0.717) is 25.8 Å². The van der Waals surface area contributed by atoms with Crippen molar-refractivity contribution in [2.45, 2.75) is 32.6 Å². The van der Waals surface area contributed by atoms with Crippen molar-refractivity contribution in [3.05, 3.63) is 16.1 Å². The van der Waals surface area contributed by atoms with Crippen LogP contribution in [0.5, 0.6) is 0 Å². The van der Waals surface area contributed by atoms with Crippen molar-refractivity contribution in [1.82, 2.24) is 15.6 Å². The highest BCUT2D eigenvalue weighted by atomic mass is 32.1. The first-order valence-electron chi connectivity index (χ1n) is 6.68. The smallest absolute Gasteiger partial charge is 0.314 e. The molecule has 0 saturated heterocycles. The number of nitrogens with zero attached hydrogens (tertiary/aromatic N) is 1. The van der Waals surface area contributed by atoms with Gasteiger partial charge in [0, 0.05) is 30.6 Å². The molecule has 0 spiro atoms. The van der Waals surface area contributed by atoms with Crippen LogP contribution >= 0.6 is 11.3 Å². The van der Waals surface area contributed by atoms with E-state index in [1.54, 1.807) is 11.3 Å². The Kier molecular flexibility index (Phi) is 4.59. The number of urea groups is 1. The van der Waals surface area contributed by atoms with Gasteiger partial charge in [0.1, 0.15) is 0 Å². The largest absolute Gasteiger partial charge is 0.481 e. The predicted octanol–water partition coefficient (Wildman–Crippen LogP) is 1.55. The molecule has 7 heteroatoms. The summed E-state index contributed by atoms with van der Waals surface area (Å²) in [7, 11) is 0. The molecule has 1 aromatic rings. The van der Waals surface area contributed by atoms with E-state index in [2.05, 4.69) is 15.6 Å². The first kappa shape index (κ1) is 14.8. The molecular weight excluding hydrogens is 278 g/mol. The van der Waals surface area contributed by atoms with Gasteiger partial charge in [-0.25, -0.2) is 9.78 Å². The van der Waals surface area contributed by atoms with Crippen molar-refractivity contribution in [3.8, 4) is 0 Å². The molecule has 0 aromatic carbocycles. The van der Waals surface area contributed by atoms with Crippen molar-refractivity contribution in [3.63, 3.8) is 0 Å². The van der Waals surface area contributed by atoms with Crippen LogP contribution in [-0.4, -0.2) is 35.2 Å². The summed E-state index contributed by atoms with van der Waals surface area (Å²) < 4.78 is 0. The highest BCUT2D eigenvalue weighted by molar-refractivity contribution is 7.09. The molecule has 0 atom stereocenters. The van der Waals surface area contributed by atoms with Crippen LogP contribution in [0.3, 0.4) is 0 Å². The second-order valence-electron chi connectivity index (χ2n) is 5.18. The summed E-state index contributed by atoms with van der Waals surface area (Å²) in [6.07, 6.45) is 2.89. The normalized spacial score (nSPS) is 16.2. The molecule has 1 heterocycles. The van der Waals surface area contributed by atoms with E-state index in [-0.39, 0.29) is 12.6 Å². The summed E-state index contributed by atoms with van der Waals surface area (Å²) in [4.78, 5) is 27.1. The zero-order valence-corrected chi connectivity index (χ0v) is 12.3. The Labute approximate surface area is 121 Å². The number of aliphatic carboxylic acids is 1. The molecule has 0 radical (unpaired) electrons. The standard InChI is InChI=1S/C13H19N3O3S/c1-9-7-20-10(16-9)3-6-14-12(19)15-8-13(11(17)18)4-2-5-13/h7H,2-6,8H2,1H3,(H,17,18)(H2,14,15,19). The van der Waals surface area contributed by atoms with Gasteiger partial charge in [-0.1, -0.05) is 6.42 Å². The Morgan fingerprint density at radius 3 is 2.70 bits per heavy atom. The van der Waals surface area contributed by atoms with E-state index in [1.807, 2.05) is 12.3 Å². The molecule has 6 nitrogen and oxygen atoms in total. The molecule has 2 rings (SSSR count). The van der Waals surface area contributed by atoms with Gasteiger partial charge in [-0.15, -0.1) is 11.3 Å². The molecule has 110 valence electrons. The van der Waals surface area contributed by atoms with Crippen molar-refractivity contribution < 1.29 is 14.7 Å². The average molecular weight is 297 g/mol. The molecule has 1 aromatic heterocycles. The minimum absolute atomic E-state index is 0.199. The highest BCUT2D eigenvalue weighted by Crippen LogP contribution is 2.40. The van der Waals surface area contributed by atoms with Gasteiger partial charge in [0.15, 0.2) is 0 Å². The fourth-order valence-corrected chi connectivity index (χ4v) is 2.96. The Hall–Kier alpha value is -1.63. The van der Waals surface area contributed by atoms with Gasteiger partial charge in [0.25, 0.3) is 0 Å². The molecule has 2 amide bonds. The SMILES string of the molecule is Cc1csc(CCNC(=O)NCC2(C(=O)O)CCC2)n1. The van der Waals surface area contributed by atoms with E-state index in [9.17, 15) is 9.59 Å². The highest BCUT2D eigenvalue weighted by Gasteiger charge is 2.44. The first-order valence-corrected chi connectivity index (χ1v) is 7.56. The number of thiazole rings is 1. The van der Waals surface area contributed by atoms with Gasteiger partial charge in [-0.05, 0) is 19.8 Å². The third-order valence-electron chi connectivity index (χ3n) is 3.64. The summed E-state index contributed by atoms with van der Waals surface area (Å²) in [5.74, 6) is -0.817. The van der Waals surface area contributed by atoms with Crippen LogP contribution in [-0.2, 0) is 11.2 Å². The van der Waals surface area contributed by atoms with Gasteiger partial charge in [-0.3, -0.25) is 4.79 Å². The summed E-state index contributed by atoms with van der Waals surface area (Å²) in [5.41, 5.74) is 0.242. The van der Waals surface area contributed by atoms with Gasteiger partial charge in [0.2, 0.25) is 0 Å². The number of aromatic nitrogens is 1. The third-order valence-corrected chi connectivity index (χ3v) is 4.67. The summed E-state index contributed by atoms with van der Waals surface area (Å²) in [6, 6.07) is -0.314. The average Bonchev–Trinajstić information content (AvgIpc) is 2.73. The molecule has 20 heavy (non-hydrogen) atoms. The number of carbonyl (C=O) groups excluding carboxylic acids is 1. The first-order chi connectivity index (χ1) is 9.52. The lowest BCUT2D eigenvalue weighted by atomic mass is 9.69. The van der Waals surface area contributed by atoms with Crippen molar-refractivity contribution in [1.29, 1.82) is 0 Å². The van der Waals surface area contributed by atoms with E-state index < -0.39 is 11.4 Å². The number of carbonyl (C=O) groups is 2. The zero-order chi connectivity index (χ0) is 14.6. The summed E-state index contributed by atoms with van der Waals surface area (Å²) in [5, 5.41) is 17.5. The Bertz CT molecular complexity index is 497. The van der Waals surface area contributed by atoms with Crippen LogP contribution in [0.15, 0.2) is 5.38 Å². The van der Waals surface area contributed by atoms with E-state index in [0.717, 1.165) is 17.1 Å². The van der Waals surface area contributed by atoms with Crippen LogP contribution in [0.4, 0.5) is 4.79 Å². The molecule has 0 aliphatic heterocycles. The lowest BCUT2D eigenvalue weighted by Crippen LogP contribution is -2.49. The predicted molar refractivity (Wildman–Crippen MR) is 75.9 cm³/mol. The molecule has 0 unspecified atom stereocenters. The Morgan fingerprint density at radius 2 is 2.20 bits per heavy atom. The topological polar surface area (TPSA) is 91.3 Å². The third kappa shape index (κ3) is 3.47. The second kappa shape index (κ2) is 6.21. The van der Waals surface area contributed by atoms with Gasteiger partial charge < -0.3 is 15.7 Å². The molecule has 1 aliphatic carbocycles. The number of nitrogens with one attached hydrogen (secondary N) is 2.